The molecule has 0 radical (unpaired) electrons. The number of aromatic amines is 1. The maximum absolute atomic E-state index is 11.9. The molecule has 1 heterocycles. The minimum Gasteiger partial charge on any atom is -0.273 e. The lowest BCUT2D eigenvalue weighted by atomic mass is 10.2. The number of hydrogen-bond acceptors (Lipinski definition) is 4. The summed E-state index contributed by atoms with van der Waals surface area (Å²) < 4.78 is 1.96. The Morgan fingerprint density at radius 1 is 1.28 bits per heavy atom. The van der Waals surface area contributed by atoms with Gasteiger partial charge in [-0.1, -0.05) is 24.3 Å². The number of hydrogen-bond donors (Lipinski definition) is 2. The largest absolute Gasteiger partial charge is 0.273 e. The zero-order valence-electron chi connectivity index (χ0n) is 13.3. The van der Waals surface area contributed by atoms with Crippen molar-refractivity contribution in [3.05, 3.63) is 70.5 Å². The fraction of sp³-hybridized carbons (Fsp3) is 0.118. The Morgan fingerprint density at radius 2 is 2.12 bits per heavy atom. The van der Waals surface area contributed by atoms with Crippen LogP contribution in [-0.2, 0) is 11.3 Å². The first-order valence-corrected chi connectivity index (χ1v) is 7.65. The van der Waals surface area contributed by atoms with E-state index in [-0.39, 0.29) is 18.0 Å². The molecular formula is C17H16N5O3+. The Hall–Kier alpha value is -3.55. The topological polar surface area (TPSA) is 104 Å². The van der Waals surface area contributed by atoms with Gasteiger partial charge in [0.05, 0.1) is 24.1 Å². The molecule has 0 atom stereocenters. The first-order chi connectivity index (χ1) is 12.1. The molecule has 0 unspecified atom stereocenters. The van der Waals surface area contributed by atoms with Crippen LogP contribution in [0.1, 0.15) is 12.0 Å². The molecule has 8 nitrogen and oxygen atoms in total. The van der Waals surface area contributed by atoms with Crippen molar-refractivity contribution in [2.75, 3.05) is 0 Å². The zero-order valence-corrected chi connectivity index (χ0v) is 13.3. The predicted molar refractivity (Wildman–Crippen MR) is 91.9 cm³/mol. The zero-order chi connectivity index (χ0) is 17.6. The lowest BCUT2D eigenvalue weighted by molar-refractivity contribution is -0.670. The van der Waals surface area contributed by atoms with Crippen LogP contribution in [0.15, 0.2) is 60.0 Å². The van der Waals surface area contributed by atoms with Gasteiger partial charge in [-0.05, 0) is 12.1 Å². The molecule has 0 bridgehead atoms. The molecule has 1 amide bonds. The number of imidazole rings is 1. The number of fused-ring (bicyclic) bond motifs is 1. The van der Waals surface area contributed by atoms with Crippen LogP contribution in [0.3, 0.4) is 0 Å². The number of nitro benzene ring substituents is 1. The quantitative estimate of drug-likeness (QED) is 0.310. The average Bonchev–Trinajstić information content (AvgIpc) is 3.03. The number of benzene rings is 2. The monoisotopic (exact) mass is 338 g/mol. The number of nitrogens with one attached hydrogen (secondary N) is 2. The molecule has 0 aliphatic carbocycles. The first kappa shape index (κ1) is 16.3. The Kier molecular flexibility index (Phi) is 4.79. The van der Waals surface area contributed by atoms with Crippen LogP contribution < -0.4 is 9.99 Å². The van der Waals surface area contributed by atoms with Crippen LogP contribution in [-0.4, -0.2) is 22.0 Å². The number of carbonyl (C=O) groups excluding carboxylic acids is 1. The molecule has 8 heteroatoms. The van der Waals surface area contributed by atoms with Gasteiger partial charge in [0.2, 0.25) is 12.2 Å². The van der Waals surface area contributed by atoms with E-state index in [2.05, 4.69) is 15.5 Å². The summed E-state index contributed by atoms with van der Waals surface area (Å²) in [4.78, 5) is 25.3. The van der Waals surface area contributed by atoms with Crippen molar-refractivity contribution in [1.29, 1.82) is 0 Å². The van der Waals surface area contributed by atoms with E-state index in [0.29, 0.717) is 12.1 Å². The van der Waals surface area contributed by atoms with E-state index in [0.717, 1.165) is 11.0 Å². The van der Waals surface area contributed by atoms with Gasteiger partial charge in [-0.15, -0.1) is 0 Å². The van der Waals surface area contributed by atoms with Gasteiger partial charge in [0.1, 0.15) is 0 Å². The fourth-order valence-corrected chi connectivity index (χ4v) is 2.42. The summed E-state index contributed by atoms with van der Waals surface area (Å²) in [6.45, 7) is 0.516. The molecule has 3 aromatic rings. The Labute approximate surface area is 142 Å². The van der Waals surface area contributed by atoms with Gasteiger partial charge >= 0.3 is 0 Å². The fourth-order valence-electron chi connectivity index (χ4n) is 2.42. The molecule has 3 rings (SSSR count). The minimum atomic E-state index is -0.478. The summed E-state index contributed by atoms with van der Waals surface area (Å²) in [5.74, 6) is -0.237. The molecule has 2 aromatic carbocycles. The highest BCUT2D eigenvalue weighted by atomic mass is 16.6. The van der Waals surface area contributed by atoms with Gasteiger partial charge in [0.15, 0.2) is 11.0 Å². The van der Waals surface area contributed by atoms with Crippen LogP contribution in [0.5, 0.6) is 0 Å². The lowest BCUT2D eigenvalue weighted by Gasteiger charge is -1.99. The van der Waals surface area contributed by atoms with Crippen molar-refractivity contribution in [3.63, 3.8) is 0 Å². The van der Waals surface area contributed by atoms with Gasteiger partial charge in [0, 0.05) is 17.7 Å². The second kappa shape index (κ2) is 7.35. The summed E-state index contributed by atoms with van der Waals surface area (Å²) >= 11 is 0. The lowest BCUT2D eigenvalue weighted by Crippen LogP contribution is -2.34. The number of aromatic nitrogens is 2. The molecule has 0 saturated heterocycles. The van der Waals surface area contributed by atoms with Crippen LogP contribution in [0.25, 0.3) is 11.0 Å². The number of nitrogens with zero attached hydrogens (tertiary/aromatic N) is 3. The molecule has 2 N–H and O–H groups in total. The van der Waals surface area contributed by atoms with Crippen molar-refractivity contribution in [1.82, 2.24) is 10.4 Å². The van der Waals surface area contributed by atoms with Gasteiger partial charge in [-0.2, -0.15) is 5.10 Å². The molecule has 0 fully saturated rings. The number of H-pyrrole nitrogens is 1. The maximum atomic E-state index is 11.9. The third-order valence-electron chi connectivity index (χ3n) is 3.65. The highest BCUT2D eigenvalue weighted by Crippen LogP contribution is 2.11. The molecule has 0 saturated carbocycles. The van der Waals surface area contributed by atoms with E-state index in [1.807, 2.05) is 35.2 Å². The van der Waals surface area contributed by atoms with Gasteiger partial charge < -0.3 is 0 Å². The normalized spacial score (nSPS) is 11.0. The summed E-state index contributed by atoms with van der Waals surface area (Å²) in [5, 5.41) is 14.6. The number of para-hydroxylation sites is 2. The number of aryl methyl sites for hydroxylation is 1. The first-order valence-electron chi connectivity index (χ1n) is 7.65. The highest BCUT2D eigenvalue weighted by molar-refractivity contribution is 5.83. The highest BCUT2D eigenvalue weighted by Gasteiger charge is 2.10. The Bertz CT molecular complexity index is 948. The van der Waals surface area contributed by atoms with E-state index < -0.39 is 4.92 Å². The second-order valence-corrected chi connectivity index (χ2v) is 5.38. The average molecular weight is 338 g/mol. The Morgan fingerprint density at radius 3 is 2.96 bits per heavy atom. The molecule has 25 heavy (non-hydrogen) atoms. The third kappa shape index (κ3) is 4.05. The smallest absolute Gasteiger partial charge is 0.270 e. The van der Waals surface area contributed by atoms with E-state index in [9.17, 15) is 14.9 Å². The van der Waals surface area contributed by atoms with E-state index in [1.165, 1.54) is 18.3 Å². The van der Waals surface area contributed by atoms with Crippen molar-refractivity contribution >= 4 is 28.8 Å². The third-order valence-corrected chi connectivity index (χ3v) is 3.65. The van der Waals surface area contributed by atoms with Crippen LogP contribution in [0.2, 0.25) is 0 Å². The number of rotatable bonds is 6. The standard InChI is InChI=1S/C17H15N5O3/c23-17(8-9-21-12-18-15-6-1-2-7-16(15)21)20-19-11-13-4-3-5-14(10-13)22(24)25/h1-7,10-12H,8-9H2,(H,20,23)/p+1. The Balaban J connectivity index is 1.54. The number of amides is 1. The van der Waals surface area contributed by atoms with Gasteiger partial charge in [-0.3, -0.25) is 14.9 Å². The maximum Gasteiger partial charge on any atom is 0.270 e. The van der Waals surface area contributed by atoms with E-state index in [1.54, 1.807) is 12.1 Å². The molecular weight excluding hydrogens is 322 g/mol. The number of nitro groups is 1. The summed E-state index contributed by atoms with van der Waals surface area (Å²) in [5.41, 5.74) is 4.98. The number of hydrazone groups is 1. The van der Waals surface area contributed by atoms with E-state index >= 15 is 0 Å². The van der Waals surface area contributed by atoms with Crippen molar-refractivity contribution in [2.24, 2.45) is 5.10 Å². The molecule has 0 spiro atoms. The molecule has 1 aromatic heterocycles. The summed E-state index contributed by atoms with van der Waals surface area (Å²) in [6.07, 6.45) is 3.47. The van der Waals surface area contributed by atoms with Crippen molar-refractivity contribution < 1.29 is 14.3 Å². The van der Waals surface area contributed by atoms with Crippen LogP contribution in [0, 0.1) is 10.1 Å². The van der Waals surface area contributed by atoms with E-state index in [4.69, 9.17) is 0 Å². The van der Waals surface area contributed by atoms with Crippen molar-refractivity contribution in [2.45, 2.75) is 13.0 Å². The second-order valence-electron chi connectivity index (χ2n) is 5.38. The minimum absolute atomic E-state index is 0.0222. The molecule has 0 aliphatic rings. The van der Waals surface area contributed by atoms with Gasteiger partial charge in [-0.25, -0.2) is 15.0 Å². The molecule has 126 valence electrons. The summed E-state index contributed by atoms with van der Waals surface area (Å²) in [6, 6.07) is 13.8. The predicted octanol–water partition coefficient (Wildman–Crippen LogP) is 1.90. The van der Waals surface area contributed by atoms with Gasteiger partial charge in [0.25, 0.3) is 5.69 Å². The SMILES string of the molecule is O=C(CC[n+]1c[nH]c2ccccc21)NN=Cc1cccc([N+](=O)[O-])c1. The number of non-ortho nitro benzene ring substituents is 1. The summed E-state index contributed by atoms with van der Waals surface area (Å²) in [7, 11) is 0. The van der Waals surface area contributed by atoms with Crippen molar-refractivity contribution in [3.8, 4) is 0 Å². The van der Waals surface area contributed by atoms with Crippen LogP contribution >= 0.6 is 0 Å². The van der Waals surface area contributed by atoms with Crippen LogP contribution in [0.4, 0.5) is 5.69 Å². The molecule has 0 aliphatic heterocycles. The number of carbonyl (C=O) groups is 1.